The summed E-state index contributed by atoms with van der Waals surface area (Å²) in [7, 11) is 0. The molecule has 1 aliphatic rings. The molecule has 3 heterocycles. The number of rotatable bonds is 3. The third-order valence-electron chi connectivity index (χ3n) is 4.36. The third-order valence-corrected chi connectivity index (χ3v) is 4.36. The zero-order chi connectivity index (χ0) is 19.9. The van der Waals surface area contributed by atoms with Crippen LogP contribution in [0.2, 0.25) is 0 Å². The fourth-order valence-electron chi connectivity index (χ4n) is 2.96. The number of cyclic esters (lactones) is 2. The number of aromatic nitrogens is 2. The van der Waals surface area contributed by atoms with Gasteiger partial charge in [-0.05, 0) is 30.7 Å². The number of nitrogens with one attached hydrogen (secondary N) is 1. The van der Waals surface area contributed by atoms with Crippen LogP contribution in [-0.4, -0.2) is 27.1 Å². The van der Waals surface area contributed by atoms with Gasteiger partial charge in [0.1, 0.15) is 5.65 Å². The minimum Gasteiger partial charge on any atom is -0.419 e. The van der Waals surface area contributed by atoms with Crippen molar-refractivity contribution < 1.29 is 19.1 Å². The van der Waals surface area contributed by atoms with E-state index < -0.39 is 17.7 Å². The summed E-state index contributed by atoms with van der Waals surface area (Å²) in [5.41, 5.74) is 4.37. The highest BCUT2D eigenvalue weighted by molar-refractivity contribution is 6.15. The van der Waals surface area contributed by atoms with Gasteiger partial charge in [0.15, 0.2) is 5.57 Å². The molecule has 7 nitrogen and oxygen atoms in total. The first kappa shape index (κ1) is 17.8. The number of hydrogen-bond donors (Lipinski definition) is 1. The topological polar surface area (TPSA) is 81.9 Å². The Bertz CT molecular complexity index is 1090. The average Bonchev–Trinajstić information content (AvgIpc) is 3.06. The van der Waals surface area contributed by atoms with Crippen molar-refractivity contribution >= 4 is 23.3 Å². The molecule has 1 N–H and O–H groups in total. The van der Waals surface area contributed by atoms with Gasteiger partial charge < -0.3 is 19.2 Å². The number of benzene rings is 1. The van der Waals surface area contributed by atoms with Crippen LogP contribution in [0.25, 0.3) is 16.9 Å². The molecule has 0 unspecified atom stereocenters. The molecule has 28 heavy (non-hydrogen) atoms. The number of carbonyl (C=O) groups is 2. The molecule has 1 saturated heterocycles. The molecule has 0 spiro atoms. The molecule has 0 amide bonds. The van der Waals surface area contributed by atoms with Crippen LogP contribution in [0.4, 0.5) is 5.69 Å². The zero-order valence-corrected chi connectivity index (χ0v) is 15.7. The van der Waals surface area contributed by atoms with Crippen LogP contribution in [0.15, 0.2) is 60.6 Å². The molecule has 7 heteroatoms. The summed E-state index contributed by atoms with van der Waals surface area (Å²) in [6.07, 6.45) is 5.23. The highest BCUT2D eigenvalue weighted by atomic mass is 16.7. The summed E-state index contributed by atoms with van der Waals surface area (Å²) in [5.74, 6) is -2.68. The van der Waals surface area contributed by atoms with Crippen molar-refractivity contribution in [2.75, 3.05) is 5.32 Å². The van der Waals surface area contributed by atoms with Gasteiger partial charge in [-0.15, -0.1) is 0 Å². The minimum atomic E-state index is -1.25. The lowest BCUT2D eigenvalue weighted by atomic mass is 10.1. The lowest BCUT2D eigenvalue weighted by Crippen LogP contribution is -2.42. The smallest absolute Gasteiger partial charge is 0.350 e. The maximum absolute atomic E-state index is 12.0. The number of hydrogen-bond acceptors (Lipinski definition) is 6. The summed E-state index contributed by atoms with van der Waals surface area (Å²) in [6, 6.07) is 11.5. The van der Waals surface area contributed by atoms with Crippen molar-refractivity contribution in [3.8, 4) is 11.3 Å². The van der Waals surface area contributed by atoms with E-state index in [0.29, 0.717) is 5.69 Å². The first-order valence-electron chi connectivity index (χ1n) is 8.80. The first-order valence-corrected chi connectivity index (χ1v) is 8.80. The molecular formula is C21H19N3O4. The Hall–Kier alpha value is -3.61. The minimum absolute atomic E-state index is 0.181. The summed E-state index contributed by atoms with van der Waals surface area (Å²) in [6.45, 7) is 5.04. The Balaban J connectivity index is 1.53. The fourth-order valence-corrected chi connectivity index (χ4v) is 2.96. The average molecular weight is 377 g/mol. The molecule has 2 aromatic heterocycles. The molecule has 3 aromatic rings. The van der Waals surface area contributed by atoms with E-state index in [2.05, 4.69) is 10.3 Å². The standard InChI is InChI=1S/C21H19N3O4/c1-13-5-4-10-24-12-17(23-18(13)24)14-6-8-15(9-7-14)22-11-16-19(25)27-21(2,3)28-20(16)26/h4-12,22H,1-3H3. The van der Waals surface area contributed by atoms with Gasteiger partial charge in [0, 0.05) is 43.7 Å². The first-order chi connectivity index (χ1) is 13.3. The van der Waals surface area contributed by atoms with Gasteiger partial charge in [-0.25, -0.2) is 14.6 Å². The number of fused-ring (bicyclic) bond motifs is 1. The molecule has 142 valence electrons. The van der Waals surface area contributed by atoms with Gasteiger partial charge in [-0.3, -0.25) is 0 Å². The molecule has 0 atom stereocenters. The molecule has 0 saturated carbocycles. The molecule has 0 aliphatic carbocycles. The highest BCUT2D eigenvalue weighted by Gasteiger charge is 2.38. The summed E-state index contributed by atoms with van der Waals surface area (Å²) < 4.78 is 12.1. The number of imidazole rings is 1. The lowest BCUT2D eigenvalue weighted by Gasteiger charge is -2.29. The maximum Gasteiger partial charge on any atom is 0.350 e. The Morgan fingerprint density at radius 3 is 2.39 bits per heavy atom. The molecular weight excluding hydrogens is 358 g/mol. The molecule has 1 aromatic carbocycles. The van der Waals surface area contributed by atoms with Crippen LogP contribution < -0.4 is 5.32 Å². The van der Waals surface area contributed by atoms with Crippen molar-refractivity contribution in [3.63, 3.8) is 0 Å². The molecule has 1 aliphatic heterocycles. The number of nitrogens with zero attached hydrogens (tertiary/aromatic N) is 2. The largest absolute Gasteiger partial charge is 0.419 e. The molecule has 4 rings (SSSR count). The summed E-state index contributed by atoms with van der Waals surface area (Å²) >= 11 is 0. The van der Waals surface area contributed by atoms with Gasteiger partial charge >= 0.3 is 11.9 Å². The van der Waals surface area contributed by atoms with Crippen molar-refractivity contribution in [2.45, 2.75) is 26.6 Å². The SMILES string of the molecule is Cc1cccn2cc(-c3ccc(NC=C4C(=O)OC(C)(C)OC4=O)cc3)nc12. The lowest BCUT2D eigenvalue weighted by molar-refractivity contribution is -0.222. The van der Waals surface area contributed by atoms with E-state index in [-0.39, 0.29) is 5.57 Å². The molecule has 0 radical (unpaired) electrons. The number of carbonyl (C=O) groups excluding carboxylic acids is 2. The van der Waals surface area contributed by atoms with Crippen molar-refractivity contribution in [2.24, 2.45) is 0 Å². The van der Waals surface area contributed by atoms with E-state index in [0.717, 1.165) is 22.5 Å². The third kappa shape index (κ3) is 3.34. The summed E-state index contributed by atoms with van der Waals surface area (Å²) in [4.78, 5) is 28.6. The van der Waals surface area contributed by atoms with Crippen LogP contribution in [0.1, 0.15) is 19.4 Å². The second kappa shape index (κ2) is 6.53. The van der Waals surface area contributed by atoms with E-state index >= 15 is 0 Å². The van der Waals surface area contributed by atoms with E-state index in [4.69, 9.17) is 9.47 Å². The summed E-state index contributed by atoms with van der Waals surface area (Å²) in [5, 5.41) is 2.93. The van der Waals surface area contributed by atoms with Crippen molar-refractivity contribution in [1.82, 2.24) is 9.38 Å². The van der Waals surface area contributed by atoms with Crippen LogP contribution in [0.5, 0.6) is 0 Å². The van der Waals surface area contributed by atoms with Crippen LogP contribution in [0, 0.1) is 6.92 Å². The Labute approximate surface area is 161 Å². The second-order valence-corrected chi connectivity index (χ2v) is 7.01. The van der Waals surface area contributed by atoms with E-state index in [9.17, 15) is 9.59 Å². The monoisotopic (exact) mass is 377 g/mol. The fraction of sp³-hybridized carbons (Fsp3) is 0.190. The Kier molecular flexibility index (Phi) is 4.15. The number of ether oxygens (including phenoxy) is 2. The van der Waals surface area contributed by atoms with Gasteiger partial charge in [-0.1, -0.05) is 18.2 Å². The van der Waals surface area contributed by atoms with Crippen LogP contribution in [0.3, 0.4) is 0 Å². The normalized spacial score (nSPS) is 15.9. The maximum atomic E-state index is 12.0. The van der Waals surface area contributed by atoms with Gasteiger partial charge in [-0.2, -0.15) is 0 Å². The zero-order valence-electron chi connectivity index (χ0n) is 15.7. The van der Waals surface area contributed by atoms with Crippen LogP contribution >= 0.6 is 0 Å². The number of aryl methyl sites for hydroxylation is 1. The molecule has 1 fully saturated rings. The van der Waals surface area contributed by atoms with Crippen LogP contribution in [-0.2, 0) is 19.1 Å². The van der Waals surface area contributed by atoms with Crippen molar-refractivity contribution in [3.05, 3.63) is 66.1 Å². The Morgan fingerprint density at radius 1 is 1.07 bits per heavy atom. The van der Waals surface area contributed by atoms with Gasteiger partial charge in [0.05, 0.1) is 5.69 Å². The second-order valence-electron chi connectivity index (χ2n) is 7.01. The highest BCUT2D eigenvalue weighted by Crippen LogP contribution is 2.24. The number of esters is 2. The quantitative estimate of drug-likeness (QED) is 0.428. The number of pyridine rings is 1. The van der Waals surface area contributed by atoms with E-state index in [1.807, 2.05) is 60.1 Å². The van der Waals surface area contributed by atoms with E-state index in [1.165, 1.54) is 20.0 Å². The predicted octanol–water partition coefficient (Wildman–Crippen LogP) is 3.44. The van der Waals surface area contributed by atoms with Gasteiger partial charge in [0.25, 0.3) is 5.79 Å². The van der Waals surface area contributed by atoms with E-state index in [1.54, 1.807) is 0 Å². The molecule has 0 bridgehead atoms. The number of anilines is 1. The van der Waals surface area contributed by atoms with Crippen molar-refractivity contribution in [1.29, 1.82) is 0 Å². The van der Waals surface area contributed by atoms with Gasteiger partial charge in [0.2, 0.25) is 0 Å². The predicted molar refractivity (Wildman–Crippen MR) is 103 cm³/mol. The Morgan fingerprint density at radius 2 is 1.75 bits per heavy atom.